The number of halogens is 1. The van der Waals surface area contributed by atoms with Crippen molar-refractivity contribution in [3.05, 3.63) is 63.1 Å². The predicted molar refractivity (Wildman–Crippen MR) is 109 cm³/mol. The Morgan fingerprint density at radius 3 is 2.37 bits per heavy atom. The highest BCUT2D eigenvalue weighted by atomic mass is 79.9. The summed E-state index contributed by atoms with van der Waals surface area (Å²) in [5, 5.41) is 20.0. The Bertz CT molecular complexity index is 1010. The minimum absolute atomic E-state index is 0.0343. The van der Waals surface area contributed by atoms with E-state index in [0.29, 0.717) is 4.47 Å². The lowest BCUT2D eigenvalue weighted by Gasteiger charge is -2.40. The van der Waals surface area contributed by atoms with Gasteiger partial charge in [-0.3, -0.25) is 4.79 Å². The lowest BCUT2D eigenvalue weighted by molar-refractivity contribution is 0.0692. The number of likely N-dealkylation sites (N-methyl/N-ethyl adjacent to an activating group) is 1. The predicted octanol–water partition coefficient (Wildman–Crippen LogP) is 4.72. The molecule has 1 heterocycles. The third-order valence-electron chi connectivity index (χ3n) is 5.04. The van der Waals surface area contributed by atoms with Crippen LogP contribution < -0.4 is 4.90 Å². The van der Waals surface area contributed by atoms with Gasteiger partial charge in [-0.1, -0.05) is 22.0 Å². The molecule has 5 nitrogen and oxygen atoms in total. The fourth-order valence-corrected chi connectivity index (χ4v) is 3.76. The van der Waals surface area contributed by atoms with Crippen LogP contribution in [0.15, 0.2) is 40.9 Å². The first kappa shape index (κ1) is 19.2. The number of allylic oxidation sites excluding steroid dienone is 1. The van der Waals surface area contributed by atoms with Gasteiger partial charge >= 0.3 is 5.97 Å². The summed E-state index contributed by atoms with van der Waals surface area (Å²) in [4.78, 5) is 26.6. The minimum atomic E-state index is -1.20. The monoisotopic (exact) mass is 429 g/mol. The maximum Gasteiger partial charge on any atom is 0.336 e. The molecule has 0 spiro atoms. The second-order valence-electron chi connectivity index (χ2n) is 7.25. The van der Waals surface area contributed by atoms with E-state index in [1.165, 1.54) is 12.1 Å². The number of aromatic carboxylic acids is 1. The topological polar surface area (TPSA) is 77.8 Å². The summed E-state index contributed by atoms with van der Waals surface area (Å²) in [5.74, 6) is -1.90. The number of fused-ring (bicyclic) bond motifs is 1. The van der Waals surface area contributed by atoms with Gasteiger partial charge < -0.3 is 15.1 Å². The van der Waals surface area contributed by atoms with Crippen LogP contribution in [0.25, 0.3) is 5.57 Å². The fourth-order valence-electron chi connectivity index (χ4n) is 3.40. The number of rotatable bonds is 3. The van der Waals surface area contributed by atoms with Crippen LogP contribution in [-0.2, 0) is 0 Å². The molecule has 0 fully saturated rings. The van der Waals surface area contributed by atoms with Gasteiger partial charge in [-0.2, -0.15) is 0 Å². The van der Waals surface area contributed by atoms with Crippen LogP contribution in [0, 0.1) is 0 Å². The van der Waals surface area contributed by atoms with Crippen LogP contribution >= 0.6 is 15.9 Å². The SMILES string of the molecule is CC1=CC(C)(C)N(C)c2cc(O)c(C(=O)c3ccc(Br)cc3C(=O)O)cc21. The zero-order valence-corrected chi connectivity index (χ0v) is 17.1. The summed E-state index contributed by atoms with van der Waals surface area (Å²) in [6, 6.07) is 7.65. The quantitative estimate of drug-likeness (QED) is 0.690. The summed E-state index contributed by atoms with van der Waals surface area (Å²) in [7, 11) is 1.93. The lowest BCUT2D eigenvalue weighted by Crippen LogP contribution is -2.42. The molecule has 0 saturated carbocycles. The Kier molecular flexibility index (Phi) is 4.64. The molecule has 1 aliphatic rings. The average molecular weight is 430 g/mol. The fraction of sp³-hybridized carbons (Fsp3) is 0.238. The third-order valence-corrected chi connectivity index (χ3v) is 5.53. The van der Waals surface area contributed by atoms with E-state index in [1.54, 1.807) is 18.2 Å². The molecule has 0 radical (unpaired) electrons. The van der Waals surface area contributed by atoms with Gasteiger partial charge in [0, 0.05) is 34.4 Å². The van der Waals surface area contributed by atoms with Crippen molar-refractivity contribution in [3.63, 3.8) is 0 Å². The summed E-state index contributed by atoms with van der Waals surface area (Å²) >= 11 is 3.22. The van der Waals surface area contributed by atoms with E-state index in [-0.39, 0.29) is 28.0 Å². The molecule has 0 atom stereocenters. The second-order valence-corrected chi connectivity index (χ2v) is 8.17. The second kappa shape index (κ2) is 6.53. The normalized spacial score (nSPS) is 15.1. The van der Waals surface area contributed by atoms with E-state index in [9.17, 15) is 19.8 Å². The maximum absolute atomic E-state index is 13.0. The highest BCUT2D eigenvalue weighted by Gasteiger charge is 2.31. The van der Waals surface area contributed by atoms with Crippen molar-refractivity contribution in [2.24, 2.45) is 0 Å². The number of benzene rings is 2. The average Bonchev–Trinajstić information content (AvgIpc) is 2.58. The van der Waals surface area contributed by atoms with Crippen molar-refractivity contribution in [1.82, 2.24) is 0 Å². The number of hydrogen-bond acceptors (Lipinski definition) is 4. The largest absolute Gasteiger partial charge is 0.507 e. The summed E-state index contributed by atoms with van der Waals surface area (Å²) in [6.07, 6.45) is 2.10. The molecule has 0 aliphatic carbocycles. The molecule has 2 N–H and O–H groups in total. The number of anilines is 1. The zero-order valence-electron chi connectivity index (χ0n) is 15.5. The van der Waals surface area contributed by atoms with Gasteiger partial charge in [0.1, 0.15) is 5.75 Å². The van der Waals surface area contributed by atoms with Gasteiger partial charge in [0.25, 0.3) is 0 Å². The number of phenolic OH excluding ortho intramolecular Hbond substituents is 1. The highest BCUT2D eigenvalue weighted by Crippen LogP contribution is 2.41. The molecule has 27 heavy (non-hydrogen) atoms. The smallest absolute Gasteiger partial charge is 0.336 e. The van der Waals surface area contributed by atoms with E-state index in [4.69, 9.17) is 0 Å². The Hall–Kier alpha value is -2.60. The molecule has 1 aliphatic heterocycles. The van der Waals surface area contributed by atoms with Crippen molar-refractivity contribution in [3.8, 4) is 5.75 Å². The molecule has 0 saturated heterocycles. The van der Waals surface area contributed by atoms with Crippen LogP contribution in [0.5, 0.6) is 5.75 Å². The summed E-state index contributed by atoms with van der Waals surface area (Å²) in [5.41, 5.74) is 2.44. The Morgan fingerprint density at radius 2 is 1.74 bits per heavy atom. The van der Waals surface area contributed by atoms with E-state index in [1.807, 2.05) is 18.9 Å². The standard InChI is InChI=1S/C21H20BrNO4/c1-11-10-21(2,3)23(4)17-9-18(24)16(8-14(11)17)19(25)13-6-5-12(22)7-15(13)20(26)27/h5-10,24H,1-4H3,(H,26,27). The van der Waals surface area contributed by atoms with Gasteiger partial charge in [-0.15, -0.1) is 0 Å². The molecule has 0 amide bonds. The number of hydrogen-bond donors (Lipinski definition) is 2. The van der Waals surface area contributed by atoms with Gasteiger partial charge in [-0.25, -0.2) is 4.79 Å². The molecule has 6 heteroatoms. The van der Waals surface area contributed by atoms with Crippen molar-refractivity contribution in [1.29, 1.82) is 0 Å². The molecule has 2 aromatic rings. The van der Waals surface area contributed by atoms with Crippen molar-refractivity contribution in [2.45, 2.75) is 26.3 Å². The van der Waals surface area contributed by atoms with E-state index < -0.39 is 11.8 Å². The third kappa shape index (κ3) is 3.25. The van der Waals surface area contributed by atoms with Gasteiger partial charge in [0.2, 0.25) is 0 Å². The molecule has 0 bridgehead atoms. The molecule has 3 rings (SSSR count). The number of phenols is 1. The highest BCUT2D eigenvalue weighted by molar-refractivity contribution is 9.10. The van der Waals surface area contributed by atoms with Crippen molar-refractivity contribution >= 4 is 38.9 Å². The molecule has 140 valence electrons. The molecular formula is C21H20BrNO4. The lowest BCUT2D eigenvalue weighted by atomic mass is 9.87. The molecule has 0 aromatic heterocycles. The summed E-state index contributed by atoms with van der Waals surface area (Å²) in [6.45, 7) is 6.09. The Balaban J connectivity index is 2.17. The number of carbonyl (C=O) groups excluding carboxylic acids is 1. The maximum atomic E-state index is 13.0. The van der Waals surface area contributed by atoms with Gasteiger partial charge in [0.05, 0.1) is 16.7 Å². The van der Waals surface area contributed by atoms with Crippen molar-refractivity contribution < 1.29 is 19.8 Å². The van der Waals surface area contributed by atoms with Gasteiger partial charge in [0.15, 0.2) is 5.78 Å². The zero-order chi connectivity index (χ0) is 20.1. The number of carbonyl (C=O) groups is 2. The number of carboxylic acids is 1. The van der Waals surface area contributed by atoms with E-state index in [2.05, 4.69) is 35.9 Å². The Morgan fingerprint density at radius 1 is 1.07 bits per heavy atom. The molecule has 0 unspecified atom stereocenters. The molecular weight excluding hydrogens is 410 g/mol. The number of nitrogens with zero attached hydrogens (tertiary/aromatic N) is 1. The first-order valence-electron chi connectivity index (χ1n) is 8.41. The van der Waals surface area contributed by atoms with Crippen LogP contribution in [0.1, 0.15) is 52.6 Å². The first-order valence-corrected chi connectivity index (χ1v) is 9.20. The van der Waals surface area contributed by atoms with Gasteiger partial charge in [-0.05, 0) is 50.6 Å². The number of aromatic hydroxyl groups is 1. The number of ketones is 1. The molecule has 2 aromatic carbocycles. The summed E-state index contributed by atoms with van der Waals surface area (Å²) < 4.78 is 0.564. The van der Waals surface area contributed by atoms with Crippen LogP contribution in [0.3, 0.4) is 0 Å². The van der Waals surface area contributed by atoms with E-state index in [0.717, 1.165) is 16.8 Å². The first-order chi connectivity index (χ1) is 12.5. The van der Waals surface area contributed by atoms with E-state index >= 15 is 0 Å². The van der Waals surface area contributed by atoms with Crippen LogP contribution in [0.4, 0.5) is 5.69 Å². The van der Waals surface area contributed by atoms with Crippen LogP contribution in [0.2, 0.25) is 0 Å². The Labute approximate surface area is 166 Å². The van der Waals surface area contributed by atoms with Crippen molar-refractivity contribution in [2.75, 3.05) is 11.9 Å². The number of carboxylic acid groups (broad SMARTS) is 1. The minimum Gasteiger partial charge on any atom is -0.507 e. The van der Waals surface area contributed by atoms with Crippen LogP contribution in [-0.4, -0.2) is 34.6 Å².